The number of thiocarbonyl (C=S) groups is 1. The topological polar surface area (TPSA) is 74.2 Å². The van der Waals surface area contributed by atoms with Crippen molar-refractivity contribution in [2.24, 2.45) is 5.10 Å². The molecule has 0 aliphatic heterocycles. The van der Waals surface area contributed by atoms with Gasteiger partial charge in [0.05, 0.1) is 11.4 Å². The van der Waals surface area contributed by atoms with E-state index in [-0.39, 0.29) is 0 Å². The van der Waals surface area contributed by atoms with Crippen LogP contribution in [0, 0.1) is 0 Å². The van der Waals surface area contributed by atoms with E-state index in [2.05, 4.69) is 31.1 Å². The maximum absolute atomic E-state index is 5.19. The van der Waals surface area contributed by atoms with Crippen LogP contribution in [0.25, 0.3) is 0 Å². The number of likely N-dealkylation sites (N-methyl/N-ethyl adjacent to an activating group) is 1. The predicted octanol–water partition coefficient (Wildman–Crippen LogP) is 0.913. The third-order valence-corrected chi connectivity index (χ3v) is 2.98. The Morgan fingerprint density at radius 2 is 1.68 bits per heavy atom. The van der Waals surface area contributed by atoms with E-state index in [0.717, 1.165) is 24.5 Å². The van der Waals surface area contributed by atoms with Crippen molar-refractivity contribution in [3.05, 3.63) is 60.2 Å². The number of hydrazone groups is 1. The van der Waals surface area contributed by atoms with Crippen molar-refractivity contribution in [3.8, 4) is 0 Å². The summed E-state index contributed by atoms with van der Waals surface area (Å²) in [6.45, 7) is 1.54. The zero-order valence-electron chi connectivity index (χ0n) is 12.3. The van der Waals surface area contributed by atoms with Crippen LogP contribution in [0.4, 0.5) is 0 Å². The Balaban J connectivity index is 2.15. The maximum Gasteiger partial charge on any atom is 0.187 e. The van der Waals surface area contributed by atoms with E-state index >= 15 is 0 Å². The number of hydrogen-bond donors (Lipinski definition) is 3. The molecule has 2 aromatic heterocycles. The highest BCUT2D eigenvalue weighted by atomic mass is 32.1. The SMILES string of the molecule is CNCCNC(=S)NN=C(c1ccccn1)c1ccccn1. The lowest BCUT2D eigenvalue weighted by molar-refractivity contribution is 0.748. The summed E-state index contributed by atoms with van der Waals surface area (Å²) in [7, 11) is 1.89. The molecule has 3 N–H and O–H groups in total. The van der Waals surface area contributed by atoms with E-state index in [1.807, 2.05) is 43.4 Å². The van der Waals surface area contributed by atoms with Crippen molar-refractivity contribution in [1.29, 1.82) is 0 Å². The van der Waals surface area contributed by atoms with Gasteiger partial charge in [-0.2, -0.15) is 5.10 Å². The van der Waals surface area contributed by atoms with Gasteiger partial charge in [-0.05, 0) is 43.5 Å². The molecule has 0 saturated heterocycles. The fourth-order valence-electron chi connectivity index (χ4n) is 1.70. The quantitative estimate of drug-likeness (QED) is 0.319. The van der Waals surface area contributed by atoms with Crippen LogP contribution in [-0.2, 0) is 0 Å². The normalized spacial score (nSPS) is 9.86. The minimum Gasteiger partial charge on any atom is -0.360 e. The third kappa shape index (κ3) is 4.87. The number of hydrogen-bond acceptors (Lipinski definition) is 5. The van der Waals surface area contributed by atoms with Crippen LogP contribution in [-0.4, -0.2) is 40.9 Å². The Morgan fingerprint density at radius 1 is 1.05 bits per heavy atom. The van der Waals surface area contributed by atoms with Gasteiger partial charge in [0.2, 0.25) is 0 Å². The van der Waals surface area contributed by atoms with Crippen LogP contribution in [0.3, 0.4) is 0 Å². The van der Waals surface area contributed by atoms with Crippen LogP contribution in [0.5, 0.6) is 0 Å². The molecule has 0 aromatic carbocycles. The van der Waals surface area contributed by atoms with Gasteiger partial charge >= 0.3 is 0 Å². The Hall–Kier alpha value is -2.38. The Morgan fingerprint density at radius 3 is 2.18 bits per heavy atom. The molecular formula is C15H18N6S. The molecule has 2 rings (SSSR count). The van der Waals surface area contributed by atoms with E-state index in [0.29, 0.717) is 10.8 Å². The van der Waals surface area contributed by atoms with E-state index < -0.39 is 0 Å². The molecule has 7 heteroatoms. The fourth-order valence-corrected chi connectivity index (χ4v) is 1.85. The Kier molecular flexibility index (Phi) is 6.40. The molecule has 0 amide bonds. The summed E-state index contributed by atoms with van der Waals surface area (Å²) in [5, 5.41) is 10.9. The van der Waals surface area contributed by atoms with Gasteiger partial charge in [0, 0.05) is 25.5 Å². The molecule has 0 radical (unpaired) electrons. The standard InChI is InChI=1S/C15H18N6S/c1-16-10-11-19-15(22)21-20-14(12-6-2-4-8-17-12)13-7-3-5-9-18-13/h2-9,16H,10-11H2,1H3,(H2,19,21,22). The van der Waals surface area contributed by atoms with Gasteiger partial charge in [0.15, 0.2) is 5.11 Å². The van der Waals surface area contributed by atoms with Gasteiger partial charge in [-0.3, -0.25) is 15.4 Å². The average Bonchev–Trinajstić information content (AvgIpc) is 2.57. The van der Waals surface area contributed by atoms with Gasteiger partial charge in [0.1, 0.15) is 5.71 Å². The largest absolute Gasteiger partial charge is 0.360 e. The lowest BCUT2D eigenvalue weighted by Gasteiger charge is -2.09. The molecule has 0 bridgehead atoms. The van der Waals surface area contributed by atoms with Crippen LogP contribution < -0.4 is 16.1 Å². The molecule has 0 aliphatic rings. The molecule has 0 fully saturated rings. The Bertz CT molecular complexity index is 573. The molecular weight excluding hydrogens is 296 g/mol. The summed E-state index contributed by atoms with van der Waals surface area (Å²) in [5.41, 5.74) is 4.93. The maximum atomic E-state index is 5.19. The van der Waals surface area contributed by atoms with Gasteiger partial charge < -0.3 is 10.6 Å². The second kappa shape index (κ2) is 8.81. The van der Waals surface area contributed by atoms with E-state index in [9.17, 15) is 0 Å². The molecule has 2 aromatic rings. The molecule has 6 nitrogen and oxygen atoms in total. The predicted molar refractivity (Wildman–Crippen MR) is 91.8 cm³/mol. The summed E-state index contributed by atoms with van der Waals surface area (Å²) < 4.78 is 0. The summed E-state index contributed by atoms with van der Waals surface area (Å²) in [5.74, 6) is 0. The van der Waals surface area contributed by atoms with Crippen molar-refractivity contribution in [3.63, 3.8) is 0 Å². The number of nitrogens with one attached hydrogen (secondary N) is 3. The Labute approximate surface area is 135 Å². The number of pyridine rings is 2. The molecule has 0 unspecified atom stereocenters. The van der Waals surface area contributed by atoms with Crippen molar-refractivity contribution in [2.75, 3.05) is 20.1 Å². The summed E-state index contributed by atoms with van der Waals surface area (Å²) in [6.07, 6.45) is 3.44. The first-order valence-corrected chi connectivity index (χ1v) is 7.31. The van der Waals surface area contributed by atoms with E-state index in [1.54, 1.807) is 12.4 Å². The molecule has 0 saturated carbocycles. The summed E-state index contributed by atoms with van der Waals surface area (Å²) >= 11 is 5.19. The molecule has 114 valence electrons. The molecule has 0 spiro atoms. The molecule has 22 heavy (non-hydrogen) atoms. The first-order valence-electron chi connectivity index (χ1n) is 6.90. The van der Waals surface area contributed by atoms with E-state index in [1.165, 1.54) is 0 Å². The second-order valence-electron chi connectivity index (χ2n) is 4.36. The number of nitrogens with zero attached hydrogens (tertiary/aromatic N) is 3. The van der Waals surface area contributed by atoms with Crippen LogP contribution >= 0.6 is 12.2 Å². The molecule has 0 atom stereocenters. The lowest BCUT2D eigenvalue weighted by atomic mass is 10.1. The van der Waals surface area contributed by atoms with E-state index in [4.69, 9.17) is 12.2 Å². The number of aromatic nitrogens is 2. The van der Waals surface area contributed by atoms with Gasteiger partial charge in [-0.1, -0.05) is 12.1 Å². The number of rotatable bonds is 6. The summed E-state index contributed by atoms with van der Waals surface area (Å²) in [6, 6.07) is 11.3. The third-order valence-electron chi connectivity index (χ3n) is 2.74. The highest BCUT2D eigenvalue weighted by molar-refractivity contribution is 7.80. The van der Waals surface area contributed by atoms with Crippen LogP contribution in [0.2, 0.25) is 0 Å². The molecule has 0 aliphatic carbocycles. The van der Waals surface area contributed by atoms with Gasteiger partial charge in [0.25, 0.3) is 0 Å². The minimum absolute atomic E-state index is 0.458. The second-order valence-corrected chi connectivity index (χ2v) is 4.77. The minimum atomic E-state index is 0.458. The lowest BCUT2D eigenvalue weighted by Crippen LogP contribution is -2.36. The monoisotopic (exact) mass is 314 g/mol. The first kappa shape index (κ1) is 16.0. The average molecular weight is 314 g/mol. The molecule has 2 heterocycles. The highest BCUT2D eigenvalue weighted by Gasteiger charge is 2.09. The van der Waals surface area contributed by atoms with Crippen molar-refractivity contribution in [2.45, 2.75) is 0 Å². The zero-order valence-corrected chi connectivity index (χ0v) is 13.1. The van der Waals surface area contributed by atoms with Gasteiger partial charge in [-0.15, -0.1) is 0 Å². The van der Waals surface area contributed by atoms with Crippen molar-refractivity contribution >= 4 is 23.0 Å². The summed E-state index contributed by atoms with van der Waals surface area (Å²) in [4.78, 5) is 8.65. The van der Waals surface area contributed by atoms with Crippen LogP contribution in [0.15, 0.2) is 53.9 Å². The first-order chi connectivity index (χ1) is 10.8. The van der Waals surface area contributed by atoms with Crippen molar-refractivity contribution < 1.29 is 0 Å². The zero-order chi connectivity index (χ0) is 15.6. The smallest absolute Gasteiger partial charge is 0.187 e. The van der Waals surface area contributed by atoms with Crippen LogP contribution in [0.1, 0.15) is 11.4 Å². The fraction of sp³-hybridized carbons (Fsp3) is 0.200. The van der Waals surface area contributed by atoms with Gasteiger partial charge in [-0.25, -0.2) is 0 Å². The highest BCUT2D eigenvalue weighted by Crippen LogP contribution is 2.05. The van der Waals surface area contributed by atoms with Crippen molar-refractivity contribution in [1.82, 2.24) is 26.0 Å².